The van der Waals surface area contributed by atoms with Gasteiger partial charge in [-0.1, -0.05) is 38.7 Å². The van der Waals surface area contributed by atoms with Gasteiger partial charge < -0.3 is 10.2 Å². The molecule has 1 N–H and O–H groups in total. The van der Waals surface area contributed by atoms with Crippen molar-refractivity contribution in [2.45, 2.75) is 59.9 Å². The fourth-order valence-electron chi connectivity index (χ4n) is 4.03. The highest BCUT2D eigenvalue weighted by Crippen LogP contribution is 2.33. The van der Waals surface area contributed by atoms with Gasteiger partial charge in [-0.25, -0.2) is 4.39 Å². The molecule has 0 bridgehead atoms. The molecule has 1 saturated carbocycles. The van der Waals surface area contributed by atoms with Crippen molar-refractivity contribution in [2.75, 3.05) is 16.8 Å². The van der Waals surface area contributed by atoms with Crippen molar-refractivity contribution >= 4 is 17.3 Å². The van der Waals surface area contributed by atoms with Crippen LogP contribution in [0.4, 0.5) is 15.8 Å². The Morgan fingerprint density at radius 2 is 1.97 bits per heavy atom. The zero-order valence-electron chi connectivity index (χ0n) is 18.9. The van der Waals surface area contributed by atoms with Crippen LogP contribution in [0.15, 0.2) is 30.3 Å². The summed E-state index contributed by atoms with van der Waals surface area (Å²) in [5, 5.41) is 3.13. The van der Waals surface area contributed by atoms with Crippen LogP contribution in [0.5, 0.6) is 0 Å². The lowest BCUT2D eigenvalue weighted by molar-refractivity contribution is -0.117. The lowest BCUT2D eigenvalue weighted by atomic mass is 9.91. The SMILES string of the molecule is Cc1cc(N2CCc3cc(F)ccc3C2)cc(C#CC2CC2)c1NC(=O)CC(C)(C)C. The number of nitrogens with zero attached hydrogens (tertiary/aromatic N) is 1. The van der Waals surface area contributed by atoms with Gasteiger partial charge in [-0.3, -0.25) is 4.79 Å². The number of fused-ring (bicyclic) bond motifs is 1. The standard InChI is InChI=1S/C27H31FN2O/c1-18-13-24(30-12-11-20-14-23(28)10-9-22(20)17-30)15-21(8-7-19-5-6-19)26(18)29-25(31)16-27(2,3)4/h9-10,13-15,19H,5-6,11-12,16-17H2,1-4H3,(H,29,31). The minimum absolute atomic E-state index is 0.0201. The molecule has 31 heavy (non-hydrogen) atoms. The van der Waals surface area contributed by atoms with Crippen molar-refractivity contribution in [3.8, 4) is 11.8 Å². The van der Waals surface area contributed by atoms with E-state index in [2.05, 4.69) is 55.0 Å². The Morgan fingerprint density at radius 3 is 2.68 bits per heavy atom. The largest absolute Gasteiger partial charge is 0.367 e. The van der Waals surface area contributed by atoms with Crippen molar-refractivity contribution in [3.05, 3.63) is 58.4 Å². The van der Waals surface area contributed by atoms with Crippen LogP contribution in [-0.2, 0) is 17.8 Å². The van der Waals surface area contributed by atoms with Gasteiger partial charge >= 0.3 is 0 Å². The number of hydrogen-bond donors (Lipinski definition) is 1. The first kappa shape index (κ1) is 21.4. The van der Waals surface area contributed by atoms with Crippen molar-refractivity contribution in [1.82, 2.24) is 0 Å². The predicted octanol–water partition coefficient (Wildman–Crippen LogP) is 5.83. The van der Waals surface area contributed by atoms with Crippen LogP contribution in [0.1, 0.15) is 62.3 Å². The molecule has 1 fully saturated rings. The van der Waals surface area contributed by atoms with Gasteiger partial charge in [-0.2, -0.15) is 0 Å². The molecule has 2 aromatic rings. The fourth-order valence-corrected chi connectivity index (χ4v) is 4.03. The summed E-state index contributed by atoms with van der Waals surface area (Å²) in [5.41, 5.74) is 6.01. The molecule has 0 saturated heterocycles. The molecule has 0 aromatic heterocycles. The fraction of sp³-hybridized carbons (Fsp3) is 0.444. The maximum Gasteiger partial charge on any atom is 0.224 e. The molecule has 0 radical (unpaired) electrons. The Morgan fingerprint density at radius 1 is 1.19 bits per heavy atom. The summed E-state index contributed by atoms with van der Waals surface area (Å²) < 4.78 is 13.6. The van der Waals surface area contributed by atoms with Crippen LogP contribution in [0, 0.1) is 35.9 Å². The number of rotatable bonds is 3. The molecule has 1 heterocycles. The molecule has 0 unspecified atom stereocenters. The number of hydrogen-bond acceptors (Lipinski definition) is 2. The van der Waals surface area contributed by atoms with Gasteiger partial charge in [0.05, 0.1) is 11.3 Å². The zero-order chi connectivity index (χ0) is 22.2. The Balaban J connectivity index is 1.63. The third-order valence-corrected chi connectivity index (χ3v) is 5.81. The second kappa shape index (κ2) is 8.38. The minimum Gasteiger partial charge on any atom is -0.367 e. The molecule has 2 aliphatic rings. The van der Waals surface area contributed by atoms with Crippen molar-refractivity contribution in [2.24, 2.45) is 11.3 Å². The molecule has 4 heteroatoms. The second-order valence-corrected chi connectivity index (χ2v) is 10.1. The summed E-state index contributed by atoms with van der Waals surface area (Å²) in [6, 6.07) is 9.30. The van der Waals surface area contributed by atoms with E-state index in [1.54, 1.807) is 6.07 Å². The number of carbonyl (C=O) groups is 1. The van der Waals surface area contributed by atoms with Gasteiger partial charge in [0, 0.05) is 31.1 Å². The van der Waals surface area contributed by atoms with Crippen LogP contribution < -0.4 is 10.2 Å². The Bertz CT molecular complexity index is 1070. The van der Waals surface area contributed by atoms with E-state index in [0.29, 0.717) is 12.3 Å². The van der Waals surface area contributed by atoms with Crippen LogP contribution in [0.3, 0.4) is 0 Å². The first-order chi connectivity index (χ1) is 14.7. The highest BCUT2D eigenvalue weighted by Gasteiger charge is 2.22. The molecule has 3 nitrogen and oxygen atoms in total. The van der Waals surface area contributed by atoms with Gasteiger partial charge in [-0.15, -0.1) is 0 Å². The van der Waals surface area contributed by atoms with Crippen LogP contribution in [0.2, 0.25) is 0 Å². The number of carbonyl (C=O) groups excluding carboxylic acids is 1. The molecule has 1 amide bonds. The summed E-state index contributed by atoms with van der Waals surface area (Å²) in [5.74, 6) is 7.04. The van der Waals surface area contributed by atoms with E-state index in [0.717, 1.165) is 60.4 Å². The molecule has 1 aliphatic carbocycles. The van der Waals surface area contributed by atoms with Crippen molar-refractivity contribution in [3.63, 3.8) is 0 Å². The summed E-state index contributed by atoms with van der Waals surface area (Å²) in [4.78, 5) is 14.9. The normalized spacial score (nSPS) is 15.7. The van der Waals surface area contributed by atoms with Gasteiger partial charge in [0.15, 0.2) is 0 Å². The first-order valence-corrected chi connectivity index (χ1v) is 11.2. The second-order valence-electron chi connectivity index (χ2n) is 10.1. The number of anilines is 2. The van der Waals surface area contributed by atoms with E-state index in [9.17, 15) is 9.18 Å². The average molecular weight is 419 g/mol. The Hall–Kier alpha value is -2.80. The number of nitrogens with one attached hydrogen (secondary N) is 1. The number of halogens is 1. The van der Waals surface area contributed by atoms with E-state index in [4.69, 9.17) is 0 Å². The lowest BCUT2D eigenvalue weighted by Gasteiger charge is -2.31. The number of amides is 1. The molecule has 1 aliphatic heterocycles. The van der Waals surface area contributed by atoms with Gasteiger partial charge in [-0.05, 0) is 72.6 Å². The highest BCUT2D eigenvalue weighted by molar-refractivity contribution is 5.94. The average Bonchev–Trinajstić information content (AvgIpc) is 3.51. The highest BCUT2D eigenvalue weighted by atomic mass is 19.1. The summed E-state index contributed by atoms with van der Waals surface area (Å²) >= 11 is 0. The molecule has 2 aromatic carbocycles. The summed E-state index contributed by atoms with van der Waals surface area (Å²) in [7, 11) is 0. The summed E-state index contributed by atoms with van der Waals surface area (Å²) in [6.07, 6.45) is 3.61. The third-order valence-electron chi connectivity index (χ3n) is 5.81. The van der Waals surface area contributed by atoms with Crippen molar-refractivity contribution in [1.29, 1.82) is 0 Å². The van der Waals surface area contributed by atoms with Crippen LogP contribution >= 0.6 is 0 Å². The molecule has 0 spiro atoms. The molecular formula is C27H31FN2O. The lowest BCUT2D eigenvalue weighted by Crippen LogP contribution is -2.30. The van der Waals surface area contributed by atoms with E-state index in [-0.39, 0.29) is 17.1 Å². The van der Waals surface area contributed by atoms with Crippen LogP contribution in [0.25, 0.3) is 0 Å². The molecular weight excluding hydrogens is 387 g/mol. The Labute approximate surface area is 185 Å². The van der Waals surface area contributed by atoms with E-state index in [1.807, 2.05) is 13.0 Å². The van der Waals surface area contributed by atoms with Gasteiger partial charge in [0.25, 0.3) is 0 Å². The van der Waals surface area contributed by atoms with Gasteiger partial charge in [0.1, 0.15) is 5.82 Å². The topological polar surface area (TPSA) is 32.3 Å². The van der Waals surface area contributed by atoms with E-state index < -0.39 is 0 Å². The van der Waals surface area contributed by atoms with Crippen molar-refractivity contribution < 1.29 is 9.18 Å². The molecule has 162 valence electrons. The van der Waals surface area contributed by atoms with E-state index >= 15 is 0 Å². The third kappa shape index (κ3) is 5.47. The first-order valence-electron chi connectivity index (χ1n) is 11.2. The quantitative estimate of drug-likeness (QED) is 0.636. The van der Waals surface area contributed by atoms with Gasteiger partial charge in [0.2, 0.25) is 5.91 Å². The molecule has 4 rings (SSSR count). The Kier molecular flexibility index (Phi) is 5.79. The summed E-state index contributed by atoms with van der Waals surface area (Å²) in [6.45, 7) is 9.82. The predicted molar refractivity (Wildman–Crippen MR) is 125 cm³/mol. The maximum absolute atomic E-state index is 13.6. The maximum atomic E-state index is 13.6. The number of aryl methyl sites for hydroxylation is 1. The smallest absolute Gasteiger partial charge is 0.224 e. The monoisotopic (exact) mass is 418 g/mol. The molecule has 0 atom stereocenters. The zero-order valence-corrected chi connectivity index (χ0v) is 18.9. The number of benzene rings is 2. The minimum atomic E-state index is -0.170. The van der Waals surface area contributed by atoms with E-state index in [1.165, 1.54) is 11.6 Å². The van der Waals surface area contributed by atoms with Crippen LogP contribution in [-0.4, -0.2) is 12.5 Å².